The van der Waals surface area contributed by atoms with Crippen molar-refractivity contribution >= 4 is 11.6 Å². The van der Waals surface area contributed by atoms with Gasteiger partial charge in [0.2, 0.25) is 11.8 Å². The number of carbonyl (C=O) groups excluding carboxylic acids is 1. The van der Waals surface area contributed by atoms with Crippen LogP contribution in [0.5, 0.6) is 11.6 Å². The summed E-state index contributed by atoms with van der Waals surface area (Å²) in [6.07, 6.45) is 0.516. The van der Waals surface area contributed by atoms with Gasteiger partial charge in [-0.15, -0.1) is 0 Å². The van der Waals surface area contributed by atoms with E-state index in [9.17, 15) is 18.0 Å². The zero-order valence-electron chi connectivity index (χ0n) is 16.9. The van der Waals surface area contributed by atoms with Crippen LogP contribution in [0.4, 0.5) is 18.9 Å². The van der Waals surface area contributed by atoms with Crippen LogP contribution in [0.1, 0.15) is 24.0 Å². The summed E-state index contributed by atoms with van der Waals surface area (Å²) in [5, 5.41) is 2.84. The monoisotopic (exact) mass is 443 g/mol. The fraction of sp³-hybridized carbons (Fsp3) is 0.261. The molecule has 1 fully saturated rings. The van der Waals surface area contributed by atoms with Crippen molar-refractivity contribution in [2.45, 2.75) is 24.4 Å². The Kier molecular flexibility index (Phi) is 6.09. The van der Waals surface area contributed by atoms with Crippen LogP contribution in [0.3, 0.4) is 0 Å². The van der Waals surface area contributed by atoms with Crippen molar-refractivity contribution in [3.8, 4) is 11.6 Å². The molecule has 3 aromatic rings. The third kappa shape index (κ3) is 4.72. The van der Waals surface area contributed by atoms with Crippen molar-refractivity contribution in [1.82, 2.24) is 9.97 Å². The SMILES string of the molecule is O=C(Nc1cccc(Oc2cnccn2)c1)C1(c2cccc(C(F)(F)F)c2)CCOCC1. The number of benzene rings is 2. The van der Waals surface area contributed by atoms with E-state index in [0.717, 1.165) is 12.1 Å². The maximum atomic E-state index is 13.4. The van der Waals surface area contributed by atoms with Gasteiger partial charge in [-0.3, -0.25) is 9.78 Å². The number of hydrogen-bond donors (Lipinski definition) is 1. The molecule has 1 N–H and O–H groups in total. The molecule has 1 amide bonds. The first-order valence-electron chi connectivity index (χ1n) is 9.98. The third-order valence-electron chi connectivity index (χ3n) is 5.38. The fourth-order valence-corrected chi connectivity index (χ4v) is 3.71. The number of nitrogens with one attached hydrogen (secondary N) is 1. The highest BCUT2D eigenvalue weighted by atomic mass is 19.4. The molecule has 1 aromatic heterocycles. The third-order valence-corrected chi connectivity index (χ3v) is 5.38. The number of anilines is 1. The highest BCUT2D eigenvalue weighted by molar-refractivity contribution is 5.99. The van der Waals surface area contributed by atoms with E-state index in [1.807, 2.05) is 0 Å². The summed E-state index contributed by atoms with van der Waals surface area (Å²) in [6, 6.07) is 11.6. The number of rotatable bonds is 5. The van der Waals surface area contributed by atoms with Gasteiger partial charge in [0, 0.05) is 37.4 Å². The second-order valence-corrected chi connectivity index (χ2v) is 7.40. The average Bonchev–Trinajstić information content (AvgIpc) is 2.80. The molecule has 2 aromatic carbocycles. The first-order valence-corrected chi connectivity index (χ1v) is 9.98. The summed E-state index contributed by atoms with van der Waals surface area (Å²) >= 11 is 0. The molecule has 2 heterocycles. The van der Waals surface area contributed by atoms with E-state index in [1.165, 1.54) is 24.7 Å². The maximum Gasteiger partial charge on any atom is 0.416 e. The molecule has 166 valence electrons. The molecule has 0 saturated carbocycles. The molecule has 0 bridgehead atoms. The van der Waals surface area contributed by atoms with Crippen LogP contribution >= 0.6 is 0 Å². The number of aromatic nitrogens is 2. The highest BCUT2D eigenvalue weighted by Gasteiger charge is 2.43. The molecular formula is C23H20F3N3O3. The van der Waals surface area contributed by atoms with Gasteiger partial charge in [-0.1, -0.05) is 24.3 Å². The van der Waals surface area contributed by atoms with Crippen LogP contribution in [0.2, 0.25) is 0 Å². The molecule has 1 saturated heterocycles. The average molecular weight is 443 g/mol. The van der Waals surface area contributed by atoms with Gasteiger partial charge < -0.3 is 14.8 Å². The zero-order valence-corrected chi connectivity index (χ0v) is 16.9. The van der Waals surface area contributed by atoms with Gasteiger partial charge in [0.15, 0.2) is 0 Å². The number of ether oxygens (including phenoxy) is 2. The molecule has 0 atom stereocenters. The lowest BCUT2D eigenvalue weighted by molar-refractivity contribution is -0.138. The highest BCUT2D eigenvalue weighted by Crippen LogP contribution is 2.39. The Morgan fingerprint density at radius 3 is 2.56 bits per heavy atom. The van der Waals surface area contributed by atoms with Gasteiger partial charge in [-0.2, -0.15) is 13.2 Å². The van der Waals surface area contributed by atoms with Crippen molar-refractivity contribution in [2.24, 2.45) is 0 Å². The van der Waals surface area contributed by atoms with Crippen LogP contribution in [0.15, 0.2) is 67.1 Å². The normalized spacial score (nSPS) is 15.7. The molecule has 6 nitrogen and oxygen atoms in total. The molecule has 0 spiro atoms. The molecule has 32 heavy (non-hydrogen) atoms. The van der Waals surface area contributed by atoms with Crippen molar-refractivity contribution in [1.29, 1.82) is 0 Å². The van der Waals surface area contributed by atoms with E-state index in [1.54, 1.807) is 30.3 Å². The summed E-state index contributed by atoms with van der Waals surface area (Å²) in [5.41, 5.74) is -1.15. The smallest absolute Gasteiger partial charge is 0.416 e. The predicted octanol–water partition coefficient (Wildman–Crippen LogP) is 4.97. The second kappa shape index (κ2) is 8.96. The topological polar surface area (TPSA) is 73.3 Å². The van der Waals surface area contributed by atoms with E-state index in [2.05, 4.69) is 15.3 Å². The molecule has 0 unspecified atom stereocenters. The van der Waals surface area contributed by atoms with Gasteiger partial charge >= 0.3 is 6.18 Å². The maximum absolute atomic E-state index is 13.4. The summed E-state index contributed by atoms with van der Waals surface area (Å²) < 4.78 is 50.9. The minimum absolute atomic E-state index is 0.274. The largest absolute Gasteiger partial charge is 0.437 e. The Morgan fingerprint density at radius 2 is 1.84 bits per heavy atom. The minimum atomic E-state index is -4.50. The molecule has 0 radical (unpaired) electrons. The summed E-state index contributed by atoms with van der Waals surface area (Å²) in [7, 11) is 0. The quantitative estimate of drug-likeness (QED) is 0.603. The molecule has 9 heteroatoms. The Balaban J connectivity index is 1.60. The van der Waals surface area contributed by atoms with Gasteiger partial charge in [0.05, 0.1) is 17.2 Å². The van der Waals surface area contributed by atoms with Crippen LogP contribution < -0.4 is 10.1 Å². The number of halogens is 3. The van der Waals surface area contributed by atoms with E-state index in [4.69, 9.17) is 9.47 Å². The summed E-state index contributed by atoms with van der Waals surface area (Å²) in [5.74, 6) is 0.334. The number of hydrogen-bond acceptors (Lipinski definition) is 5. The molecule has 1 aliphatic heterocycles. The van der Waals surface area contributed by atoms with Crippen molar-refractivity contribution in [3.63, 3.8) is 0 Å². The Labute approximate surface area is 182 Å². The molecule has 1 aliphatic rings. The Morgan fingerprint density at radius 1 is 1.06 bits per heavy atom. The van der Waals surface area contributed by atoms with E-state index in [-0.39, 0.29) is 26.1 Å². The van der Waals surface area contributed by atoms with Gasteiger partial charge in [-0.05, 0) is 36.6 Å². The lowest BCUT2D eigenvalue weighted by Gasteiger charge is -2.36. The van der Waals surface area contributed by atoms with E-state index >= 15 is 0 Å². The number of nitrogens with zero attached hydrogens (tertiary/aromatic N) is 2. The fourth-order valence-electron chi connectivity index (χ4n) is 3.71. The van der Waals surface area contributed by atoms with Crippen molar-refractivity contribution in [3.05, 3.63) is 78.2 Å². The van der Waals surface area contributed by atoms with Crippen LogP contribution in [-0.2, 0) is 21.1 Å². The molecular weight excluding hydrogens is 423 g/mol. The lowest BCUT2D eigenvalue weighted by Crippen LogP contribution is -2.45. The van der Waals surface area contributed by atoms with Gasteiger partial charge in [0.1, 0.15) is 5.75 Å². The van der Waals surface area contributed by atoms with Gasteiger partial charge in [0.25, 0.3) is 0 Å². The number of carbonyl (C=O) groups is 1. The molecule has 4 rings (SSSR count). The van der Waals surface area contributed by atoms with Crippen molar-refractivity contribution < 1.29 is 27.4 Å². The van der Waals surface area contributed by atoms with Gasteiger partial charge in [-0.25, -0.2) is 4.98 Å². The zero-order chi connectivity index (χ0) is 22.6. The van der Waals surface area contributed by atoms with Crippen molar-refractivity contribution in [2.75, 3.05) is 18.5 Å². The summed E-state index contributed by atoms with van der Waals surface area (Å²) in [4.78, 5) is 21.4. The summed E-state index contributed by atoms with van der Waals surface area (Å²) in [6.45, 7) is 0.555. The minimum Gasteiger partial charge on any atom is -0.437 e. The Bertz CT molecular complexity index is 1080. The standard InChI is InChI=1S/C23H20F3N3O3/c24-23(25,26)17-4-1-3-16(13-17)22(7-11-31-12-8-22)21(30)29-18-5-2-6-19(14-18)32-20-15-27-9-10-28-20/h1-6,9-10,13-15H,7-8,11-12H2,(H,29,30). The van der Waals surface area contributed by atoms with E-state index in [0.29, 0.717) is 22.9 Å². The first kappa shape index (κ1) is 21.8. The number of alkyl halides is 3. The number of amides is 1. The van der Waals surface area contributed by atoms with E-state index < -0.39 is 23.1 Å². The first-order chi connectivity index (χ1) is 15.4. The Hall–Kier alpha value is -3.46. The second-order valence-electron chi connectivity index (χ2n) is 7.40. The van der Waals surface area contributed by atoms with Crippen LogP contribution in [0, 0.1) is 0 Å². The van der Waals surface area contributed by atoms with Crippen LogP contribution in [0.25, 0.3) is 0 Å². The lowest BCUT2D eigenvalue weighted by atomic mass is 9.73. The van der Waals surface area contributed by atoms with Crippen LogP contribution in [-0.4, -0.2) is 29.1 Å². The predicted molar refractivity (Wildman–Crippen MR) is 110 cm³/mol. The molecule has 0 aliphatic carbocycles.